The molecule has 1 fully saturated rings. The summed E-state index contributed by atoms with van der Waals surface area (Å²) in [6.07, 6.45) is 1.34. The van der Waals surface area contributed by atoms with Crippen LogP contribution in [0.3, 0.4) is 0 Å². The van der Waals surface area contributed by atoms with Crippen LogP contribution in [-0.2, 0) is 0 Å². The molecule has 0 aliphatic carbocycles. The van der Waals surface area contributed by atoms with Crippen LogP contribution >= 0.6 is 0 Å². The van der Waals surface area contributed by atoms with Gasteiger partial charge in [0, 0.05) is 6.54 Å². The molecule has 4 N–H and O–H groups in total. The smallest absolute Gasteiger partial charge is 0.238 e. The van der Waals surface area contributed by atoms with Gasteiger partial charge in [0.1, 0.15) is 5.82 Å². The van der Waals surface area contributed by atoms with Gasteiger partial charge in [-0.2, -0.15) is 4.98 Å². The summed E-state index contributed by atoms with van der Waals surface area (Å²) in [4.78, 5) is 5.90. The van der Waals surface area contributed by atoms with E-state index in [4.69, 9.17) is 10.5 Å². The van der Waals surface area contributed by atoms with Crippen molar-refractivity contribution in [3.8, 4) is 5.88 Å². The molecule has 1 saturated heterocycles. The zero-order chi connectivity index (χ0) is 12.5. The van der Waals surface area contributed by atoms with Gasteiger partial charge in [0.05, 0.1) is 19.4 Å². The molecule has 0 saturated carbocycles. The summed E-state index contributed by atoms with van der Waals surface area (Å²) in [5, 5.41) is 19.5. The number of pyridine rings is 1. The number of hydrogen-bond acceptors (Lipinski definition) is 6. The molecule has 94 valence electrons. The molecular formula is C11H17N3O3. The minimum Gasteiger partial charge on any atom is -0.479 e. The predicted octanol–water partition coefficient (Wildman–Crippen LogP) is -0.0465. The summed E-state index contributed by atoms with van der Waals surface area (Å²) >= 11 is 0. The highest BCUT2D eigenvalue weighted by molar-refractivity contribution is 5.55. The van der Waals surface area contributed by atoms with E-state index in [9.17, 15) is 10.2 Å². The van der Waals surface area contributed by atoms with Crippen LogP contribution in [0.2, 0.25) is 0 Å². The predicted molar refractivity (Wildman–Crippen MR) is 63.8 cm³/mol. The summed E-state index contributed by atoms with van der Waals surface area (Å²) in [5.74, 6) is 0.889. The SMILES string of the molecule is COc1nc(N2CCCC2(O)CO)ccc1N. The Kier molecular flexibility index (Phi) is 3.08. The van der Waals surface area contributed by atoms with Crippen LogP contribution in [0.25, 0.3) is 0 Å². The average Bonchev–Trinajstić information content (AvgIpc) is 2.73. The van der Waals surface area contributed by atoms with Crippen molar-refractivity contribution in [2.24, 2.45) is 0 Å². The van der Waals surface area contributed by atoms with E-state index in [1.54, 1.807) is 17.0 Å². The number of ether oxygens (including phenoxy) is 1. The third-order valence-electron chi connectivity index (χ3n) is 3.06. The molecule has 0 spiro atoms. The number of methoxy groups -OCH3 is 1. The van der Waals surface area contributed by atoms with Crippen molar-refractivity contribution in [3.63, 3.8) is 0 Å². The second-order valence-electron chi connectivity index (χ2n) is 4.16. The van der Waals surface area contributed by atoms with Crippen LogP contribution < -0.4 is 15.4 Å². The van der Waals surface area contributed by atoms with Crippen LogP contribution in [-0.4, -0.2) is 41.2 Å². The van der Waals surface area contributed by atoms with Crippen molar-refractivity contribution in [2.45, 2.75) is 18.6 Å². The molecule has 1 atom stereocenters. The first-order valence-corrected chi connectivity index (χ1v) is 5.52. The lowest BCUT2D eigenvalue weighted by Crippen LogP contribution is -2.47. The Hall–Kier alpha value is -1.53. The van der Waals surface area contributed by atoms with Crippen molar-refractivity contribution >= 4 is 11.5 Å². The van der Waals surface area contributed by atoms with Gasteiger partial charge in [-0.05, 0) is 25.0 Å². The molecule has 17 heavy (non-hydrogen) atoms. The van der Waals surface area contributed by atoms with Gasteiger partial charge < -0.3 is 25.6 Å². The average molecular weight is 239 g/mol. The van der Waals surface area contributed by atoms with Gasteiger partial charge in [0.25, 0.3) is 0 Å². The van der Waals surface area contributed by atoms with E-state index in [-0.39, 0.29) is 6.61 Å². The molecule has 2 rings (SSSR count). The molecule has 1 aliphatic rings. The number of aliphatic hydroxyl groups excluding tert-OH is 1. The van der Waals surface area contributed by atoms with E-state index >= 15 is 0 Å². The number of hydrogen-bond donors (Lipinski definition) is 3. The molecule has 1 aliphatic heterocycles. The third-order valence-corrected chi connectivity index (χ3v) is 3.06. The fourth-order valence-electron chi connectivity index (χ4n) is 2.11. The fourth-order valence-corrected chi connectivity index (χ4v) is 2.11. The number of anilines is 2. The summed E-state index contributed by atoms with van der Waals surface area (Å²) in [6.45, 7) is 0.332. The Morgan fingerprint density at radius 3 is 3.00 bits per heavy atom. The molecule has 0 aromatic carbocycles. The maximum absolute atomic E-state index is 10.2. The molecule has 1 aromatic rings. The normalized spacial score (nSPS) is 24.1. The van der Waals surface area contributed by atoms with Crippen molar-refractivity contribution in [2.75, 3.05) is 30.9 Å². The van der Waals surface area contributed by atoms with Gasteiger partial charge in [-0.25, -0.2) is 0 Å². The number of aliphatic hydroxyl groups is 2. The van der Waals surface area contributed by atoms with Gasteiger partial charge in [-0.3, -0.25) is 0 Å². The van der Waals surface area contributed by atoms with Crippen LogP contribution in [0, 0.1) is 0 Å². The molecule has 6 heteroatoms. The zero-order valence-electron chi connectivity index (χ0n) is 9.76. The van der Waals surface area contributed by atoms with Crippen molar-refractivity contribution in [1.29, 1.82) is 0 Å². The van der Waals surface area contributed by atoms with Gasteiger partial charge in [-0.15, -0.1) is 0 Å². The Labute approximate surface area is 99.6 Å². The second kappa shape index (κ2) is 4.38. The molecule has 0 amide bonds. The minimum absolute atomic E-state index is 0.318. The maximum atomic E-state index is 10.2. The number of aromatic nitrogens is 1. The van der Waals surface area contributed by atoms with E-state index in [0.717, 1.165) is 6.42 Å². The lowest BCUT2D eigenvalue weighted by Gasteiger charge is -2.32. The van der Waals surface area contributed by atoms with Crippen molar-refractivity contribution in [3.05, 3.63) is 12.1 Å². The van der Waals surface area contributed by atoms with E-state index in [2.05, 4.69) is 4.98 Å². The van der Waals surface area contributed by atoms with Crippen molar-refractivity contribution < 1.29 is 14.9 Å². The van der Waals surface area contributed by atoms with E-state index in [0.29, 0.717) is 30.4 Å². The Bertz CT molecular complexity index is 413. The topological polar surface area (TPSA) is 91.8 Å². The quantitative estimate of drug-likeness (QED) is 0.685. The van der Waals surface area contributed by atoms with Gasteiger partial charge >= 0.3 is 0 Å². The summed E-state index contributed by atoms with van der Waals surface area (Å²) in [6, 6.07) is 3.39. The largest absolute Gasteiger partial charge is 0.479 e. The first-order valence-electron chi connectivity index (χ1n) is 5.52. The number of nitrogens with zero attached hydrogens (tertiary/aromatic N) is 2. The fraction of sp³-hybridized carbons (Fsp3) is 0.545. The molecular weight excluding hydrogens is 222 g/mol. The number of nitrogens with two attached hydrogens (primary N) is 1. The second-order valence-corrected chi connectivity index (χ2v) is 4.16. The summed E-state index contributed by atoms with van der Waals surface area (Å²) < 4.78 is 5.04. The van der Waals surface area contributed by atoms with Crippen LogP contribution in [0.15, 0.2) is 12.1 Å². The number of rotatable bonds is 3. The Balaban J connectivity index is 2.34. The van der Waals surface area contributed by atoms with Crippen molar-refractivity contribution in [1.82, 2.24) is 4.98 Å². The first kappa shape index (κ1) is 11.9. The van der Waals surface area contributed by atoms with Gasteiger partial charge in [-0.1, -0.05) is 0 Å². The standard InChI is InChI=1S/C11H17N3O3/c1-17-10-8(12)3-4-9(13-10)14-6-2-5-11(14,16)7-15/h3-4,15-16H,2,5-7,12H2,1H3. The highest BCUT2D eigenvalue weighted by atomic mass is 16.5. The zero-order valence-corrected chi connectivity index (χ0v) is 9.76. The highest BCUT2D eigenvalue weighted by Gasteiger charge is 2.39. The highest BCUT2D eigenvalue weighted by Crippen LogP contribution is 2.33. The maximum Gasteiger partial charge on any atom is 0.238 e. The van der Waals surface area contributed by atoms with Crippen LogP contribution in [0.1, 0.15) is 12.8 Å². The lowest BCUT2D eigenvalue weighted by atomic mass is 10.2. The van der Waals surface area contributed by atoms with E-state index < -0.39 is 5.72 Å². The molecule has 6 nitrogen and oxygen atoms in total. The summed E-state index contributed by atoms with van der Waals surface area (Å²) in [5.41, 5.74) is 4.90. The monoisotopic (exact) mass is 239 g/mol. The summed E-state index contributed by atoms with van der Waals surface area (Å²) in [7, 11) is 1.49. The Morgan fingerprint density at radius 2 is 2.35 bits per heavy atom. The molecule has 1 unspecified atom stereocenters. The molecule has 0 bridgehead atoms. The first-order chi connectivity index (χ1) is 8.10. The molecule has 1 aromatic heterocycles. The van der Waals surface area contributed by atoms with Crippen LogP contribution in [0.5, 0.6) is 5.88 Å². The molecule has 2 heterocycles. The van der Waals surface area contributed by atoms with Crippen LogP contribution in [0.4, 0.5) is 11.5 Å². The van der Waals surface area contributed by atoms with Gasteiger partial charge in [0.2, 0.25) is 5.88 Å². The van der Waals surface area contributed by atoms with E-state index in [1.807, 2.05) is 0 Å². The van der Waals surface area contributed by atoms with Gasteiger partial charge in [0.15, 0.2) is 5.72 Å². The minimum atomic E-state index is -1.23. The molecule has 0 radical (unpaired) electrons. The Morgan fingerprint density at radius 1 is 1.59 bits per heavy atom. The van der Waals surface area contributed by atoms with E-state index in [1.165, 1.54) is 7.11 Å². The third kappa shape index (κ3) is 2.01. The lowest BCUT2D eigenvalue weighted by molar-refractivity contribution is -0.00548. The number of nitrogen functional groups attached to an aromatic ring is 1.